The third-order valence-corrected chi connectivity index (χ3v) is 2.58. The Morgan fingerprint density at radius 3 is 3.00 bits per heavy atom. The van der Waals surface area contributed by atoms with Gasteiger partial charge in [0.2, 0.25) is 0 Å². The molecule has 2 nitrogen and oxygen atoms in total. The van der Waals surface area contributed by atoms with Gasteiger partial charge >= 0.3 is 0 Å². The highest BCUT2D eigenvalue weighted by molar-refractivity contribution is 5.33. The van der Waals surface area contributed by atoms with Crippen molar-refractivity contribution in [1.82, 2.24) is 0 Å². The molecule has 13 heavy (non-hydrogen) atoms. The number of fused-ring (bicyclic) bond motifs is 1. The van der Waals surface area contributed by atoms with Gasteiger partial charge in [0, 0.05) is 6.04 Å². The summed E-state index contributed by atoms with van der Waals surface area (Å²) in [5, 5.41) is 9.67. The molecule has 0 saturated carbocycles. The molecule has 2 atom stereocenters. The SMILES string of the molecule is N[C@H]1CCc2cc(F)ccc2[C@@H]1O. The first-order valence-electron chi connectivity index (χ1n) is 4.40. The molecule has 0 fully saturated rings. The quantitative estimate of drug-likeness (QED) is 0.630. The van der Waals surface area contributed by atoms with E-state index < -0.39 is 6.10 Å². The van der Waals surface area contributed by atoms with Crippen LogP contribution in [0.3, 0.4) is 0 Å². The summed E-state index contributed by atoms with van der Waals surface area (Å²) in [6, 6.07) is 4.25. The van der Waals surface area contributed by atoms with E-state index in [2.05, 4.69) is 0 Å². The lowest BCUT2D eigenvalue weighted by Crippen LogP contribution is -2.32. The van der Waals surface area contributed by atoms with Crippen molar-refractivity contribution in [3.05, 3.63) is 35.1 Å². The molecular formula is C10H12FNO. The van der Waals surface area contributed by atoms with Crippen LogP contribution in [-0.4, -0.2) is 11.1 Å². The predicted octanol–water partition coefficient (Wildman–Crippen LogP) is 1.13. The third-order valence-electron chi connectivity index (χ3n) is 2.58. The fraction of sp³-hybridized carbons (Fsp3) is 0.400. The van der Waals surface area contributed by atoms with Crippen molar-refractivity contribution >= 4 is 0 Å². The average molecular weight is 181 g/mol. The minimum absolute atomic E-state index is 0.210. The number of aryl methyl sites for hydroxylation is 1. The van der Waals surface area contributed by atoms with Gasteiger partial charge in [-0.1, -0.05) is 6.07 Å². The standard InChI is InChI=1S/C10H12FNO/c11-7-2-3-8-6(5-7)1-4-9(12)10(8)13/h2-3,5,9-10,13H,1,4,12H2/t9-,10-/m0/s1. The molecular weight excluding hydrogens is 169 g/mol. The van der Waals surface area contributed by atoms with Crippen LogP contribution < -0.4 is 5.73 Å². The van der Waals surface area contributed by atoms with Crippen LogP contribution in [0.4, 0.5) is 4.39 Å². The minimum atomic E-state index is -0.635. The Hall–Kier alpha value is -0.930. The average Bonchev–Trinajstić information content (AvgIpc) is 2.12. The van der Waals surface area contributed by atoms with Gasteiger partial charge in [0.15, 0.2) is 0 Å². The molecule has 3 heteroatoms. The number of benzene rings is 1. The van der Waals surface area contributed by atoms with E-state index >= 15 is 0 Å². The summed E-state index contributed by atoms with van der Waals surface area (Å²) in [6.07, 6.45) is 0.840. The van der Waals surface area contributed by atoms with Crippen molar-refractivity contribution in [1.29, 1.82) is 0 Å². The molecule has 1 aromatic carbocycles. The van der Waals surface area contributed by atoms with Gasteiger partial charge in [0.05, 0.1) is 6.10 Å². The van der Waals surface area contributed by atoms with Crippen LogP contribution in [0.2, 0.25) is 0 Å². The molecule has 70 valence electrons. The number of hydrogen-bond donors (Lipinski definition) is 2. The Morgan fingerprint density at radius 1 is 1.46 bits per heavy atom. The first-order valence-corrected chi connectivity index (χ1v) is 4.40. The lowest BCUT2D eigenvalue weighted by Gasteiger charge is -2.27. The monoisotopic (exact) mass is 181 g/mol. The molecule has 3 N–H and O–H groups in total. The Bertz CT molecular complexity index is 327. The van der Waals surface area contributed by atoms with Crippen molar-refractivity contribution in [3.8, 4) is 0 Å². The lowest BCUT2D eigenvalue weighted by molar-refractivity contribution is 0.133. The Labute approximate surface area is 76.2 Å². The van der Waals surface area contributed by atoms with Crippen molar-refractivity contribution < 1.29 is 9.50 Å². The van der Waals surface area contributed by atoms with E-state index in [1.165, 1.54) is 12.1 Å². The van der Waals surface area contributed by atoms with E-state index in [9.17, 15) is 9.50 Å². The highest BCUT2D eigenvalue weighted by Crippen LogP contribution is 2.29. The van der Waals surface area contributed by atoms with Crippen molar-refractivity contribution in [3.63, 3.8) is 0 Å². The number of nitrogens with two attached hydrogens (primary N) is 1. The number of rotatable bonds is 0. The molecule has 2 rings (SSSR count). The number of aliphatic hydroxyl groups excluding tert-OH is 1. The molecule has 1 aromatic rings. The molecule has 0 radical (unpaired) electrons. The van der Waals surface area contributed by atoms with Crippen molar-refractivity contribution in [2.24, 2.45) is 5.73 Å². The van der Waals surface area contributed by atoms with Gasteiger partial charge in [-0.2, -0.15) is 0 Å². The van der Waals surface area contributed by atoms with E-state index in [1.54, 1.807) is 6.07 Å². The van der Waals surface area contributed by atoms with E-state index in [4.69, 9.17) is 5.73 Å². The highest BCUT2D eigenvalue weighted by Gasteiger charge is 2.24. The predicted molar refractivity (Wildman–Crippen MR) is 47.7 cm³/mol. The molecule has 0 amide bonds. The van der Waals surface area contributed by atoms with E-state index in [1.807, 2.05) is 0 Å². The molecule has 1 aliphatic carbocycles. The molecule has 0 aromatic heterocycles. The maximum Gasteiger partial charge on any atom is 0.123 e. The molecule has 0 unspecified atom stereocenters. The van der Waals surface area contributed by atoms with Crippen LogP contribution in [-0.2, 0) is 6.42 Å². The second kappa shape index (κ2) is 3.09. The van der Waals surface area contributed by atoms with Gasteiger partial charge in [-0.15, -0.1) is 0 Å². The normalized spacial score (nSPS) is 27.0. The van der Waals surface area contributed by atoms with Crippen LogP contribution in [0.5, 0.6) is 0 Å². The summed E-state index contributed by atoms with van der Waals surface area (Å²) >= 11 is 0. The molecule has 0 aliphatic heterocycles. The topological polar surface area (TPSA) is 46.2 Å². The molecule has 0 spiro atoms. The maximum absolute atomic E-state index is 12.8. The van der Waals surface area contributed by atoms with Crippen LogP contribution in [0.25, 0.3) is 0 Å². The zero-order chi connectivity index (χ0) is 9.42. The smallest absolute Gasteiger partial charge is 0.123 e. The Balaban J connectivity index is 2.44. The zero-order valence-electron chi connectivity index (χ0n) is 7.20. The van der Waals surface area contributed by atoms with E-state index in [0.717, 1.165) is 24.0 Å². The summed E-state index contributed by atoms with van der Waals surface area (Å²) < 4.78 is 12.8. The van der Waals surface area contributed by atoms with Crippen molar-refractivity contribution in [2.75, 3.05) is 0 Å². The van der Waals surface area contributed by atoms with Gasteiger partial charge in [-0.05, 0) is 36.1 Å². The van der Waals surface area contributed by atoms with Gasteiger partial charge in [0.1, 0.15) is 5.82 Å². The summed E-state index contributed by atoms with van der Waals surface area (Å²) in [7, 11) is 0. The molecule has 0 bridgehead atoms. The maximum atomic E-state index is 12.8. The Kier molecular flexibility index (Phi) is 2.06. The van der Waals surface area contributed by atoms with Crippen LogP contribution in [0.15, 0.2) is 18.2 Å². The third kappa shape index (κ3) is 1.45. The second-order valence-electron chi connectivity index (χ2n) is 3.49. The van der Waals surface area contributed by atoms with Crippen LogP contribution >= 0.6 is 0 Å². The van der Waals surface area contributed by atoms with Gasteiger partial charge < -0.3 is 10.8 Å². The number of hydrogen-bond acceptors (Lipinski definition) is 2. The molecule has 1 aliphatic rings. The largest absolute Gasteiger partial charge is 0.387 e. The van der Waals surface area contributed by atoms with Crippen LogP contribution in [0, 0.1) is 5.82 Å². The van der Waals surface area contributed by atoms with Crippen LogP contribution in [0.1, 0.15) is 23.7 Å². The van der Waals surface area contributed by atoms with Gasteiger partial charge in [-0.25, -0.2) is 4.39 Å². The fourth-order valence-electron chi connectivity index (χ4n) is 1.79. The summed E-state index contributed by atoms with van der Waals surface area (Å²) in [4.78, 5) is 0. The van der Waals surface area contributed by atoms with E-state index in [0.29, 0.717) is 0 Å². The summed E-state index contributed by atoms with van der Waals surface area (Å²) in [5.41, 5.74) is 7.35. The first-order chi connectivity index (χ1) is 6.18. The highest BCUT2D eigenvalue weighted by atomic mass is 19.1. The van der Waals surface area contributed by atoms with E-state index in [-0.39, 0.29) is 11.9 Å². The first kappa shape index (κ1) is 8.66. The number of aliphatic hydroxyl groups is 1. The lowest BCUT2D eigenvalue weighted by atomic mass is 9.86. The van der Waals surface area contributed by atoms with Gasteiger partial charge in [0.25, 0.3) is 0 Å². The number of halogens is 1. The second-order valence-corrected chi connectivity index (χ2v) is 3.49. The van der Waals surface area contributed by atoms with Gasteiger partial charge in [-0.3, -0.25) is 0 Å². The summed E-state index contributed by atoms with van der Waals surface area (Å²) in [5.74, 6) is -0.249. The van der Waals surface area contributed by atoms with Crippen molar-refractivity contribution in [2.45, 2.75) is 25.0 Å². The minimum Gasteiger partial charge on any atom is -0.387 e. The fourth-order valence-corrected chi connectivity index (χ4v) is 1.79. The summed E-state index contributed by atoms with van der Waals surface area (Å²) in [6.45, 7) is 0. The molecule has 0 saturated heterocycles. The molecule has 0 heterocycles. The Morgan fingerprint density at radius 2 is 2.23 bits per heavy atom. The zero-order valence-corrected chi connectivity index (χ0v) is 7.20.